The van der Waals surface area contributed by atoms with Gasteiger partial charge in [0.05, 0.1) is 10.5 Å². The molecule has 0 aliphatic heterocycles. The van der Waals surface area contributed by atoms with Gasteiger partial charge < -0.3 is 4.42 Å². The summed E-state index contributed by atoms with van der Waals surface area (Å²) in [5.74, 6) is 0. The minimum Gasteiger partial charge on any atom is -0.443 e. The molecule has 2 aromatic rings. The van der Waals surface area contributed by atoms with Gasteiger partial charge in [0.25, 0.3) is 5.69 Å². The molecule has 5 heteroatoms. The lowest BCUT2D eigenvalue weighted by Crippen LogP contribution is -1.95. The van der Waals surface area contributed by atoms with Crippen LogP contribution in [0.4, 0.5) is 5.69 Å². The van der Waals surface area contributed by atoms with Crippen molar-refractivity contribution in [1.29, 1.82) is 0 Å². The second kappa shape index (κ2) is 2.80. The van der Waals surface area contributed by atoms with Gasteiger partial charge in [-0.2, -0.15) is 0 Å². The summed E-state index contributed by atoms with van der Waals surface area (Å²) in [6, 6.07) is 1.63. The first kappa shape index (κ1) is 8.68. The molecule has 0 amide bonds. The topological polar surface area (TPSA) is 69.2 Å². The number of rotatable bonds is 1. The van der Waals surface area contributed by atoms with Crippen molar-refractivity contribution in [2.45, 2.75) is 13.8 Å². The lowest BCUT2D eigenvalue weighted by Gasteiger charge is -2.00. The van der Waals surface area contributed by atoms with Crippen molar-refractivity contribution in [1.82, 2.24) is 4.98 Å². The van der Waals surface area contributed by atoms with Crippen LogP contribution in [0.1, 0.15) is 11.1 Å². The second-order valence-corrected chi connectivity index (χ2v) is 3.12. The van der Waals surface area contributed by atoms with E-state index in [1.807, 2.05) is 0 Å². The number of aryl methyl sites for hydroxylation is 2. The van der Waals surface area contributed by atoms with Crippen LogP contribution in [-0.4, -0.2) is 9.91 Å². The van der Waals surface area contributed by atoms with Crippen molar-refractivity contribution in [2.75, 3.05) is 0 Å². The number of hydrogen-bond donors (Lipinski definition) is 0. The van der Waals surface area contributed by atoms with Crippen LogP contribution in [0.2, 0.25) is 0 Å². The number of nitro benzene ring substituents is 1. The zero-order valence-electron chi connectivity index (χ0n) is 7.77. The Hall–Kier alpha value is -1.91. The number of nitrogens with zero attached hydrogens (tertiary/aromatic N) is 2. The Morgan fingerprint density at radius 3 is 2.86 bits per heavy atom. The number of fused-ring (bicyclic) bond motifs is 1. The zero-order valence-corrected chi connectivity index (χ0v) is 7.77. The maximum atomic E-state index is 10.8. The van der Waals surface area contributed by atoms with Gasteiger partial charge in [0.1, 0.15) is 5.52 Å². The maximum Gasteiger partial charge on any atom is 0.277 e. The molecule has 0 atom stereocenters. The Morgan fingerprint density at radius 2 is 2.21 bits per heavy atom. The van der Waals surface area contributed by atoms with E-state index in [2.05, 4.69) is 4.98 Å². The molecule has 0 spiro atoms. The Bertz CT molecular complexity index is 516. The minimum absolute atomic E-state index is 0.117. The highest BCUT2D eigenvalue weighted by Gasteiger charge is 2.19. The molecule has 72 valence electrons. The first-order chi connectivity index (χ1) is 6.61. The first-order valence-electron chi connectivity index (χ1n) is 4.09. The Balaban J connectivity index is 2.89. The lowest BCUT2D eigenvalue weighted by molar-refractivity contribution is -0.385. The quantitative estimate of drug-likeness (QED) is 0.513. The third-order valence-electron chi connectivity index (χ3n) is 2.21. The summed E-state index contributed by atoms with van der Waals surface area (Å²) in [6.45, 7) is 3.36. The molecule has 0 saturated heterocycles. The minimum atomic E-state index is -0.390. The van der Waals surface area contributed by atoms with Crippen LogP contribution in [0.15, 0.2) is 16.9 Å². The van der Waals surface area contributed by atoms with Crippen molar-refractivity contribution in [3.8, 4) is 0 Å². The molecule has 1 aromatic carbocycles. The van der Waals surface area contributed by atoms with Crippen LogP contribution in [-0.2, 0) is 0 Å². The SMILES string of the molecule is Cc1cc2ocnc2c(C)c1[N+](=O)[O-]. The average Bonchev–Trinajstić information content (AvgIpc) is 2.50. The molecule has 5 nitrogen and oxygen atoms in total. The second-order valence-electron chi connectivity index (χ2n) is 3.12. The summed E-state index contributed by atoms with van der Waals surface area (Å²) < 4.78 is 5.08. The van der Waals surface area contributed by atoms with Crippen LogP contribution in [0.5, 0.6) is 0 Å². The summed E-state index contributed by atoms with van der Waals surface area (Å²) >= 11 is 0. The van der Waals surface area contributed by atoms with E-state index in [1.54, 1.807) is 19.9 Å². The van der Waals surface area contributed by atoms with E-state index in [4.69, 9.17) is 4.42 Å². The predicted molar refractivity (Wildman–Crippen MR) is 50.1 cm³/mol. The maximum absolute atomic E-state index is 10.8. The Morgan fingerprint density at radius 1 is 1.50 bits per heavy atom. The van der Waals surface area contributed by atoms with E-state index in [0.29, 0.717) is 22.2 Å². The van der Waals surface area contributed by atoms with Gasteiger partial charge in [0.2, 0.25) is 0 Å². The number of benzene rings is 1. The van der Waals surface area contributed by atoms with E-state index in [1.165, 1.54) is 6.39 Å². The lowest BCUT2D eigenvalue weighted by atomic mass is 10.1. The van der Waals surface area contributed by atoms with E-state index in [9.17, 15) is 10.1 Å². The molecule has 0 N–H and O–H groups in total. The summed E-state index contributed by atoms with van der Waals surface area (Å²) in [7, 11) is 0. The average molecular weight is 192 g/mol. The van der Waals surface area contributed by atoms with Gasteiger partial charge in [-0.05, 0) is 19.9 Å². The molecule has 1 heterocycles. The molecule has 0 aliphatic carbocycles. The standard InChI is InChI=1S/C9H8N2O3/c1-5-3-7-8(10-4-14-7)6(2)9(5)11(12)13/h3-4H,1-2H3. The fraction of sp³-hybridized carbons (Fsp3) is 0.222. The molecule has 2 rings (SSSR count). The number of hydrogen-bond acceptors (Lipinski definition) is 4. The van der Waals surface area contributed by atoms with Crippen molar-refractivity contribution in [3.05, 3.63) is 33.7 Å². The highest BCUT2D eigenvalue weighted by atomic mass is 16.6. The molecule has 0 radical (unpaired) electrons. The molecule has 0 unspecified atom stereocenters. The first-order valence-corrected chi connectivity index (χ1v) is 4.09. The van der Waals surface area contributed by atoms with Crippen LogP contribution in [0.25, 0.3) is 11.1 Å². The summed E-state index contributed by atoms with van der Waals surface area (Å²) in [5.41, 5.74) is 2.41. The van der Waals surface area contributed by atoms with Gasteiger partial charge in [-0.25, -0.2) is 4.98 Å². The molecule has 0 bridgehead atoms. The molecule has 0 fully saturated rings. The molecule has 14 heavy (non-hydrogen) atoms. The van der Waals surface area contributed by atoms with Gasteiger partial charge >= 0.3 is 0 Å². The van der Waals surface area contributed by atoms with Gasteiger partial charge in [0.15, 0.2) is 12.0 Å². The largest absolute Gasteiger partial charge is 0.443 e. The molecular weight excluding hydrogens is 184 g/mol. The van der Waals surface area contributed by atoms with Gasteiger partial charge in [-0.3, -0.25) is 10.1 Å². The summed E-state index contributed by atoms with van der Waals surface area (Å²) in [5, 5.41) is 10.8. The van der Waals surface area contributed by atoms with E-state index >= 15 is 0 Å². The van der Waals surface area contributed by atoms with Crippen LogP contribution in [0, 0.1) is 24.0 Å². The van der Waals surface area contributed by atoms with Gasteiger partial charge in [-0.1, -0.05) is 0 Å². The number of aromatic nitrogens is 1. The van der Waals surface area contributed by atoms with Crippen molar-refractivity contribution in [2.24, 2.45) is 0 Å². The van der Waals surface area contributed by atoms with Crippen molar-refractivity contribution >= 4 is 16.8 Å². The molecular formula is C9H8N2O3. The fourth-order valence-corrected chi connectivity index (χ4v) is 1.59. The highest BCUT2D eigenvalue weighted by Crippen LogP contribution is 2.29. The smallest absolute Gasteiger partial charge is 0.277 e. The summed E-state index contributed by atoms with van der Waals surface area (Å²) in [4.78, 5) is 14.3. The summed E-state index contributed by atoms with van der Waals surface area (Å²) in [6.07, 6.45) is 1.29. The highest BCUT2D eigenvalue weighted by molar-refractivity contribution is 5.81. The normalized spacial score (nSPS) is 10.7. The monoisotopic (exact) mass is 192 g/mol. The van der Waals surface area contributed by atoms with Crippen LogP contribution in [0.3, 0.4) is 0 Å². The molecule has 0 aliphatic rings. The third-order valence-corrected chi connectivity index (χ3v) is 2.21. The van der Waals surface area contributed by atoms with Crippen molar-refractivity contribution < 1.29 is 9.34 Å². The van der Waals surface area contributed by atoms with Crippen LogP contribution < -0.4 is 0 Å². The molecule has 0 saturated carbocycles. The van der Waals surface area contributed by atoms with Crippen LogP contribution >= 0.6 is 0 Å². The van der Waals surface area contributed by atoms with Gasteiger partial charge in [0, 0.05) is 5.56 Å². The van der Waals surface area contributed by atoms with E-state index < -0.39 is 4.92 Å². The number of oxazole rings is 1. The predicted octanol–water partition coefficient (Wildman–Crippen LogP) is 2.35. The molecule has 1 aromatic heterocycles. The fourth-order valence-electron chi connectivity index (χ4n) is 1.59. The Labute approximate surface area is 79.5 Å². The third kappa shape index (κ3) is 1.06. The Kier molecular flexibility index (Phi) is 1.73. The van der Waals surface area contributed by atoms with Crippen molar-refractivity contribution in [3.63, 3.8) is 0 Å². The zero-order chi connectivity index (χ0) is 10.3. The van der Waals surface area contributed by atoms with Gasteiger partial charge in [-0.15, -0.1) is 0 Å². The number of nitro groups is 1. The van der Waals surface area contributed by atoms with E-state index in [-0.39, 0.29) is 5.69 Å². The van der Waals surface area contributed by atoms with E-state index in [0.717, 1.165) is 0 Å².